The van der Waals surface area contributed by atoms with E-state index in [1.165, 1.54) is 30.8 Å². The van der Waals surface area contributed by atoms with Crippen LogP contribution >= 0.6 is 11.8 Å². The van der Waals surface area contributed by atoms with Crippen LogP contribution in [0.25, 0.3) is 0 Å². The second-order valence-corrected chi connectivity index (χ2v) is 8.26. The molecule has 170 valence electrons. The van der Waals surface area contributed by atoms with Crippen LogP contribution in [0.5, 0.6) is 5.75 Å². The Balaban J connectivity index is 1.31. The van der Waals surface area contributed by atoms with Crippen LogP contribution in [0.1, 0.15) is 18.7 Å². The van der Waals surface area contributed by atoms with Crippen LogP contribution in [-0.2, 0) is 19.2 Å². The molecule has 0 saturated carbocycles. The summed E-state index contributed by atoms with van der Waals surface area (Å²) < 4.78 is 10.6. The molecule has 0 spiro atoms. The molecule has 2 aliphatic heterocycles. The van der Waals surface area contributed by atoms with Gasteiger partial charge >= 0.3 is 12.2 Å². The van der Waals surface area contributed by atoms with Crippen molar-refractivity contribution in [3.05, 3.63) is 88.2 Å². The van der Waals surface area contributed by atoms with Gasteiger partial charge in [0.15, 0.2) is 11.4 Å². The SMILES string of the molecule is CC(=CC(=O)OC(c1ccccc1)[N+](=O)[O-])ON1C(=O)C2N=C(COc3ccccc3)SC21. The number of aliphatic imine (C=N–C) groups is 1. The average Bonchev–Trinajstić information content (AvgIpc) is 3.20. The maximum atomic E-state index is 12.3. The van der Waals surface area contributed by atoms with Crippen LogP contribution in [0.4, 0.5) is 0 Å². The fraction of sp³-hybridized carbons (Fsp3) is 0.227. The summed E-state index contributed by atoms with van der Waals surface area (Å²) in [4.78, 5) is 45.0. The minimum absolute atomic E-state index is 0.0524. The number of esters is 1. The number of amides is 1. The molecule has 3 unspecified atom stereocenters. The number of thioether (sulfide) groups is 1. The summed E-state index contributed by atoms with van der Waals surface area (Å²) in [6.07, 6.45) is -0.691. The van der Waals surface area contributed by atoms with Crippen molar-refractivity contribution in [1.29, 1.82) is 0 Å². The lowest BCUT2D eigenvalue weighted by molar-refractivity contribution is -0.575. The van der Waals surface area contributed by atoms with E-state index in [1.807, 2.05) is 30.3 Å². The molecule has 11 heteroatoms. The Bertz CT molecular complexity index is 1110. The molecule has 2 aliphatic rings. The van der Waals surface area contributed by atoms with Crippen LogP contribution in [0.3, 0.4) is 0 Å². The summed E-state index contributed by atoms with van der Waals surface area (Å²) in [7, 11) is 0. The van der Waals surface area contributed by atoms with Crippen molar-refractivity contribution in [2.24, 2.45) is 4.99 Å². The molecule has 3 atom stereocenters. The number of β-lactam (4-membered cyclic amide) rings is 1. The number of fused-ring (bicyclic) bond motifs is 1. The highest BCUT2D eigenvalue weighted by Crippen LogP contribution is 2.39. The number of carbonyl (C=O) groups is 2. The Morgan fingerprint density at radius 2 is 1.88 bits per heavy atom. The zero-order valence-electron chi connectivity index (χ0n) is 17.4. The monoisotopic (exact) mass is 469 g/mol. The molecule has 10 nitrogen and oxygen atoms in total. The Labute approximate surface area is 192 Å². The van der Waals surface area contributed by atoms with Crippen molar-refractivity contribution >= 4 is 28.7 Å². The van der Waals surface area contributed by atoms with Crippen LogP contribution in [0, 0.1) is 10.1 Å². The number of para-hydroxylation sites is 1. The minimum Gasteiger partial charge on any atom is -0.487 e. The molecule has 2 heterocycles. The Morgan fingerprint density at radius 1 is 1.21 bits per heavy atom. The number of nitro groups is 1. The highest BCUT2D eigenvalue weighted by Gasteiger charge is 2.54. The Morgan fingerprint density at radius 3 is 2.55 bits per heavy atom. The van der Waals surface area contributed by atoms with E-state index in [4.69, 9.17) is 14.3 Å². The van der Waals surface area contributed by atoms with Gasteiger partial charge < -0.3 is 14.3 Å². The lowest BCUT2D eigenvalue weighted by Crippen LogP contribution is -2.60. The minimum atomic E-state index is -1.65. The van der Waals surface area contributed by atoms with E-state index in [0.717, 1.165) is 11.1 Å². The maximum absolute atomic E-state index is 12.3. The van der Waals surface area contributed by atoms with Crippen LogP contribution in [-0.4, -0.2) is 44.9 Å². The third-order valence-electron chi connectivity index (χ3n) is 4.68. The topological polar surface area (TPSA) is 121 Å². The molecule has 2 aromatic carbocycles. The summed E-state index contributed by atoms with van der Waals surface area (Å²) in [5.41, 5.74) is 0.230. The van der Waals surface area contributed by atoms with Gasteiger partial charge in [0.05, 0.1) is 16.6 Å². The van der Waals surface area contributed by atoms with Gasteiger partial charge in [-0.05, 0) is 31.2 Å². The number of hydrogen-bond acceptors (Lipinski definition) is 9. The highest BCUT2D eigenvalue weighted by atomic mass is 32.2. The number of nitrogens with zero attached hydrogens (tertiary/aromatic N) is 3. The van der Waals surface area contributed by atoms with Gasteiger partial charge in [0, 0.05) is 0 Å². The lowest BCUT2D eigenvalue weighted by Gasteiger charge is -2.39. The third-order valence-corrected chi connectivity index (χ3v) is 5.87. The van der Waals surface area contributed by atoms with E-state index in [2.05, 4.69) is 4.99 Å². The Kier molecular flexibility index (Phi) is 6.59. The van der Waals surface area contributed by atoms with Crippen LogP contribution < -0.4 is 4.74 Å². The molecule has 2 aromatic rings. The quantitative estimate of drug-likeness (QED) is 0.104. The number of carbonyl (C=O) groups excluding carboxylic acids is 2. The van der Waals surface area contributed by atoms with Crippen LogP contribution in [0.15, 0.2) is 77.5 Å². The molecule has 33 heavy (non-hydrogen) atoms. The van der Waals surface area contributed by atoms with Crippen molar-refractivity contribution in [1.82, 2.24) is 5.06 Å². The summed E-state index contributed by atoms with van der Waals surface area (Å²) >= 11 is 1.34. The van der Waals surface area contributed by atoms with Crippen molar-refractivity contribution in [3.8, 4) is 5.75 Å². The number of benzene rings is 2. The van der Waals surface area contributed by atoms with E-state index in [9.17, 15) is 19.7 Å². The molecule has 0 radical (unpaired) electrons. The van der Waals surface area contributed by atoms with E-state index in [1.54, 1.807) is 18.2 Å². The summed E-state index contributed by atoms with van der Waals surface area (Å²) in [6.45, 7) is 1.68. The smallest absolute Gasteiger partial charge is 0.383 e. The highest BCUT2D eigenvalue weighted by molar-refractivity contribution is 8.15. The summed E-state index contributed by atoms with van der Waals surface area (Å²) in [6, 6.07) is 16.6. The van der Waals surface area contributed by atoms with Crippen molar-refractivity contribution < 1.29 is 28.8 Å². The predicted octanol–water partition coefficient (Wildman–Crippen LogP) is 3.10. The van der Waals surface area contributed by atoms with Gasteiger partial charge in [-0.15, -0.1) is 0 Å². The van der Waals surface area contributed by atoms with Gasteiger partial charge in [-0.1, -0.05) is 48.2 Å². The van der Waals surface area contributed by atoms with Crippen molar-refractivity contribution in [3.63, 3.8) is 0 Å². The molecule has 0 N–H and O–H groups in total. The van der Waals surface area contributed by atoms with Gasteiger partial charge in [0.25, 0.3) is 5.91 Å². The molecular weight excluding hydrogens is 450 g/mol. The first-order valence-corrected chi connectivity index (χ1v) is 10.8. The van der Waals surface area contributed by atoms with Gasteiger partial charge in [-0.3, -0.25) is 19.9 Å². The second-order valence-electron chi connectivity index (χ2n) is 7.07. The number of rotatable bonds is 9. The van der Waals surface area contributed by atoms with Crippen LogP contribution in [0.2, 0.25) is 0 Å². The van der Waals surface area contributed by atoms with Gasteiger partial charge in [0.1, 0.15) is 23.2 Å². The number of hydrogen-bond donors (Lipinski definition) is 0. The van der Waals surface area contributed by atoms with Crippen molar-refractivity contribution in [2.45, 2.75) is 24.6 Å². The summed E-state index contributed by atoms with van der Waals surface area (Å²) in [5.74, 6) is -0.567. The van der Waals surface area contributed by atoms with Gasteiger partial charge in [-0.2, -0.15) is 5.06 Å². The zero-order valence-corrected chi connectivity index (χ0v) is 18.2. The second kappa shape index (κ2) is 9.74. The van der Waals surface area contributed by atoms with Gasteiger partial charge in [-0.25, -0.2) is 4.79 Å². The normalized spacial score (nSPS) is 20.3. The molecule has 0 aliphatic carbocycles. The summed E-state index contributed by atoms with van der Waals surface area (Å²) in [5, 5.41) is 12.7. The van der Waals surface area contributed by atoms with E-state index in [-0.39, 0.29) is 29.2 Å². The standard InChI is InChI=1S/C22H19N3O7S/c1-14(12-18(26)31-21(25(28)29)15-8-4-2-5-9-15)32-24-20(27)19-22(24)33-17(23-19)13-30-16-10-6-3-7-11-16/h2-12,19,21-22H,13H2,1H3. The first kappa shape index (κ1) is 22.3. The molecule has 0 aromatic heterocycles. The average molecular weight is 469 g/mol. The number of ether oxygens (including phenoxy) is 2. The fourth-order valence-electron chi connectivity index (χ4n) is 3.15. The zero-order chi connectivity index (χ0) is 23.4. The number of hydroxylamine groups is 2. The fourth-order valence-corrected chi connectivity index (χ4v) is 4.28. The lowest BCUT2D eigenvalue weighted by atomic mass is 10.1. The Hall–Kier alpha value is -3.86. The molecule has 1 fully saturated rings. The molecule has 4 rings (SSSR count). The van der Waals surface area contributed by atoms with Gasteiger partial charge in [0.2, 0.25) is 0 Å². The van der Waals surface area contributed by atoms with E-state index >= 15 is 0 Å². The first-order valence-electron chi connectivity index (χ1n) is 9.92. The largest absolute Gasteiger partial charge is 0.487 e. The molecule has 1 amide bonds. The van der Waals surface area contributed by atoms with E-state index < -0.39 is 23.2 Å². The van der Waals surface area contributed by atoms with E-state index in [0.29, 0.717) is 10.8 Å². The maximum Gasteiger partial charge on any atom is 0.383 e. The first-order chi connectivity index (χ1) is 15.9. The molecular formula is C22H19N3O7S. The third kappa shape index (κ3) is 5.14. The molecule has 0 bridgehead atoms. The number of allylic oxidation sites excluding steroid dienone is 1. The predicted molar refractivity (Wildman–Crippen MR) is 118 cm³/mol. The van der Waals surface area contributed by atoms with Crippen molar-refractivity contribution in [2.75, 3.05) is 6.61 Å². The molecule has 1 saturated heterocycles.